The maximum atomic E-state index is 11.7. The second-order valence-electron chi connectivity index (χ2n) is 6.50. The Bertz CT molecular complexity index is 762. The van der Waals surface area contributed by atoms with Crippen molar-refractivity contribution in [1.82, 2.24) is 0 Å². The van der Waals surface area contributed by atoms with Crippen LogP contribution in [-0.4, -0.2) is 61.2 Å². The molecule has 1 aliphatic rings. The third kappa shape index (κ3) is 6.73. The molecule has 1 heterocycles. The Morgan fingerprint density at radius 3 is 1.83 bits per heavy atom. The van der Waals surface area contributed by atoms with Crippen LogP contribution in [-0.2, 0) is 42.9 Å². The van der Waals surface area contributed by atoms with Gasteiger partial charge in [0, 0.05) is 27.7 Å². The zero-order valence-electron chi connectivity index (χ0n) is 17.1. The lowest BCUT2D eigenvalue weighted by molar-refractivity contribution is -0.288. The van der Waals surface area contributed by atoms with Crippen molar-refractivity contribution in [3.8, 4) is 5.75 Å². The molecular weight excluding hydrogens is 400 g/mol. The van der Waals surface area contributed by atoms with Crippen LogP contribution in [0.2, 0.25) is 0 Å². The van der Waals surface area contributed by atoms with E-state index in [0.29, 0.717) is 5.75 Å². The number of benzene rings is 1. The van der Waals surface area contributed by atoms with Crippen LogP contribution in [0.15, 0.2) is 30.3 Å². The van der Waals surface area contributed by atoms with E-state index in [-0.39, 0.29) is 6.61 Å². The maximum absolute atomic E-state index is 11.7. The van der Waals surface area contributed by atoms with E-state index in [4.69, 9.17) is 28.4 Å². The fraction of sp³-hybridized carbons (Fsp3) is 0.500. The average molecular weight is 424 g/mol. The number of carbonyl (C=O) groups excluding carboxylic acids is 4. The van der Waals surface area contributed by atoms with Crippen molar-refractivity contribution in [2.45, 2.75) is 58.4 Å². The first kappa shape index (κ1) is 23.1. The van der Waals surface area contributed by atoms with Crippen LogP contribution < -0.4 is 4.74 Å². The van der Waals surface area contributed by atoms with Crippen molar-refractivity contribution >= 4 is 23.9 Å². The summed E-state index contributed by atoms with van der Waals surface area (Å²) >= 11 is 0. The third-order valence-electron chi connectivity index (χ3n) is 3.94. The van der Waals surface area contributed by atoms with E-state index in [1.54, 1.807) is 30.3 Å². The lowest BCUT2D eigenvalue weighted by Gasteiger charge is -2.43. The van der Waals surface area contributed by atoms with Gasteiger partial charge in [0.1, 0.15) is 18.5 Å². The van der Waals surface area contributed by atoms with Gasteiger partial charge >= 0.3 is 23.9 Å². The molecule has 164 valence electrons. The van der Waals surface area contributed by atoms with Crippen LogP contribution in [0.4, 0.5) is 0 Å². The van der Waals surface area contributed by atoms with Crippen molar-refractivity contribution in [3.05, 3.63) is 30.3 Å². The van der Waals surface area contributed by atoms with Crippen LogP contribution in [0, 0.1) is 0 Å². The molecule has 0 bridgehead atoms. The van der Waals surface area contributed by atoms with E-state index in [1.807, 2.05) is 0 Å². The minimum absolute atomic E-state index is 0.313. The van der Waals surface area contributed by atoms with Gasteiger partial charge in [0.05, 0.1) is 0 Å². The number of para-hydroxylation sites is 1. The van der Waals surface area contributed by atoms with Crippen LogP contribution in [0.25, 0.3) is 0 Å². The topological polar surface area (TPSA) is 124 Å². The first-order valence-electron chi connectivity index (χ1n) is 9.19. The lowest BCUT2D eigenvalue weighted by atomic mass is 9.98. The SMILES string of the molecule is CC(=O)OC[C@H]1O[C@@H](Oc2ccccc2)[C@H](OC(C)=O)[C@H](OC(C)=O)[C@H]1OC(C)=O. The van der Waals surface area contributed by atoms with Gasteiger partial charge in [-0.05, 0) is 12.1 Å². The Balaban J connectivity index is 2.42. The molecule has 0 saturated carbocycles. The van der Waals surface area contributed by atoms with Gasteiger partial charge in [-0.2, -0.15) is 0 Å². The van der Waals surface area contributed by atoms with Crippen molar-refractivity contribution in [2.75, 3.05) is 6.61 Å². The Kier molecular flexibility index (Phi) is 8.16. The Morgan fingerprint density at radius 1 is 0.767 bits per heavy atom. The molecule has 1 aromatic carbocycles. The van der Waals surface area contributed by atoms with Gasteiger partial charge in [0.2, 0.25) is 12.4 Å². The molecule has 10 nitrogen and oxygen atoms in total. The summed E-state index contributed by atoms with van der Waals surface area (Å²) in [6.07, 6.45) is -6.04. The van der Waals surface area contributed by atoms with Crippen molar-refractivity contribution < 1.29 is 47.6 Å². The highest BCUT2D eigenvalue weighted by Crippen LogP contribution is 2.30. The predicted molar refractivity (Wildman–Crippen MR) is 99.0 cm³/mol. The minimum Gasteiger partial charge on any atom is -0.463 e. The number of ether oxygens (including phenoxy) is 6. The summed E-state index contributed by atoms with van der Waals surface area (Å²) in [5, 5.41) is 0. The zero-order chi connectivity index (χ0) is 22.3. The van der Waals surface area contributed by atoms with Crippen LogP contribution in [0.3, 0.4) is 0 Å². The van der Waals surface area contributed by atoms with Crippen molar-refractivity contribution in [2.24, 2.45) is 0 Å². The second kappa shape index (κ2) is 10.6. The Morgan fingerprint density at radius 2 is 1.30 bits per heavy atom. The Hall–Kier alpha value is -3.14. The van der Waals surface area contributed by atoms with Crippen LogP contribution in [0.5, 0.6) is 5.75 Å². The molecule has 1 aromatic rings. The summed E-state index contributed by atoms with van der Waals surface area (Å²) in [4.78, 5) is 46.4. The molecule has 0 amide bonds. The number of rotatable bonds is 7. The van der Waals surface area contributed by atoms with Gasteiger partial charge in [-0.15, -0.1) is 0 Å². The monoisotopic (exact) mass is 424 g/mol. The quantitative estimate of drug-likeness (QED) is 0.465. The average Bonchev–Trinajstić information content (AvgIpc) is 2.64. The predicted octanol–water partition coefficient (Wildman–Crippen LogP) is 1.15. The molecule has 0 spiro atoms. The highest BCUT2D eigenvalue weighted by molar-refractivity contribution is 5.68. The van der Waals surface area contributed by atoms with Gasteiger partial charge in [0.25, 0.3) is 0 Å². The van der Waals surface area contributed by atoms with Gasteiger partial charge in [0.15, 0.2) is 12.2 Å². The summed E-state index contributed by atoms with van der Waals surface area (Å²) < 4.78 is 32.6. The van der Waals surface area contributed by atoms with Crippen LogP contribution >= 0.6 is 0 Å². The highest BCUT2D eigenvalue weighted by atomic mass is 16.7. The third-order valence-corrected chi connectivity index (χ3v) is 3.94. The van der Waals surface area contributed by atoms with Gasteiger partial charge in [-0.3, -0.25) is 19.2 Å². The summed E-state index contributed by atoms with van der Waals surface area (Å²) in [5.74, 6) is -2.30. The lowest BCUT2D eigenvalue weighted by Crippen LogP contribution is -2.63. The molecule has 30 heavy (non-hydrogen) atoms. The smallest absolute Gasteiger partial charge is 0.303 e. The summed E-state index contributed by atoms with van der Waals surface area (Å²) in [6.45, 7) is 4.36. The highest BCUT2D eigenvalue weighted by Gasteiger charge is 2.53. The number of esters is 4. The molecule has 0 aromatic heterocycles. The van der Waals surface area contributed by atoms with E-state index in [9.17, 15) is 19.2 Å². The van der Waals surface area contributed by atoms with Gasteiger partial charge in [-0.25, -0.2) is 0 Å². The second-order valence-corrected chi connectivity index (χ2v) is 6.50. The standard InChI is InChI=1S/C20H24O10/c1-11(21)25-10-16-17(26-12(2)22)18(27-13(3)23)19(28-14(4)24)20(30-16)29-15-8-6-5-7-9-15/h5-9,16-20H,10H2,1-4H3/t16-,17+,18-,19-,20-/m1/s1. The molecule has 0 aliphatic carbocycles. The number of hydrogen-bond acceptors (Lipinski definition) is 10. The van der Waals surface area contributed by atoms with E-state index in [0.717, 1.165) is 20.8 Å². The minimum atomic E-state index is -1.27. The molecule has 1 saturated heterocycles. The summed E-state index contributed by atoms with van der Waals surface area (Å²) in [7, 11) is 0. The van der Waals surface area contributed by atoms with Gasteiger partial charge < -0.3 is 28.4 Å². The molecule has 0 unspecified atom stereocenters. The first-order valence-corrected chi connectivity index (χ1v) is 9.19. The molecule has 10 heteroatoms. The fourth-order valence-electron chi connectivity index (χ4n) is 2.92. The van der Waals surface area contributed by atoms with Crippen LogP contribution in [0.1, 0.15) is 27.7 Å². The molecule has 0 radical (unpaired) electrons. The van der Waals surface area contributed by atoms with Crippen molar-refractivity contribution in [1.29, 1.82) is 0 Å². The normalized spacial score (nSPS) is 25.5. The fourth-order valence-corrected chi connectivity index (χ4v) is 2.92. The van der Waals surface area contributed by atoms with Crippen molar-refractivity contribution in [3.63, 3.8) is 0 Å². The van der Waals surface area contributed by atoms with E-state index >= 15 is 0 Å². The maximum Gasteiger partial charge on any atom is 0.303 e. The first-order chi connectivity index (χ1) is 14.2. The largest absolute Gasteiger partial charge is 0.463 e. The molecule has 5 atom stereocenters. The van der Waals surface area contributed by atoms with E-state index in [1.165, 1.54) is 6.92 Å². The van der Waals surface area contributed by atoms with E-state index in [2.05, 4.69) is 0 Å². The summed E-state index contributed by atoms with van der Waals surface area (Å²) in [5.41, 5.74) is 0. The number of hydrogen-bond donors (Lipinski definition) is 0. The molecule has 0 N–H and O–H groups in total. The zero-order valence-corrected chi connectivity index (χ0v) is 17.1. The number of carbonyl (C=O) groups is 4. The molecule has 1 fully saturated rings. The molecule has 2 rings (SSSR count). The Labute approximate surface area is 173 Å². The van der Waals surface area contributed by atoms with E-state index < -0.39 is 54.6 Å². The molecular formula is C20H24O10. The van der Waals surface area contributed by atoms with Gasteiger partial charge in [-0.1, -0.05) is 18.2 Å². The molecule has 1 aliphatic heterocycles. The summed E-state index contributed by atoms with van der Waals surface area (Å²) in [6, 6.07) is 8.52.